The number of carbonyl (C=O) groups is 1. The van der Waals surface area contributed by atoms with Gasteiger partial charge in [-0.2, -0.15) is 9.50 Å². The molecule has 1 aliphatic rings. The lowest BCUT2D eigenvalue weighted by molar-refractivity contribution is -0.121. The molecule has 0 saturated carbocycles. The number of rotatable bonds is 3. The molecule has 0 radical (unpaired) electrons. The third kappa shape index (κ3) is 3.10. The predicted molar refractivity (Wildman–Crippen MR) is 108 cm³/mol. The summed E-state index contributed by atoms with van der Waals surface area (Å²) in [6, 6.07) is 8.46. The van der Waals surface area contributed by atoms with E-state index >= 15 is 0 Å². The van der Waals surface area contributed by atoms with Gasteiger partial charge in [0.2, 0.25) is 11.9 Å². The van der Waals surface area contributed by atoms with Crippen LogP contribution in [0.15, 0.2) is 24.3 Å². The summed E-state index contributed by atoms with van der Waals surface area (Å²) < 4.78 is 1.60. The van der Waals surface area contributed by atoms with Gasteiger partial charge in [0, 0.05) is 17.0 Å². The van der Waals surface area contributed by atoms with Crippen molar-refractivity contribution in [1.82, 2.24) is 24.9 Å². The van der Waals surface area contributed by atoms with Crippen molar-refractivity contribution in [2.75, 3.05) is 5.73 Å². The molecule has 1 atom stereocenters. The van der Waals surface area contributed by atoms with Crippen LogP contribution in [0.2, 0.25) is 0 Å². The highest BCUT2D eigenvalue weighted by Crippen LogP contribution is 2.41. The number of nitrogens with zero attached hydrogens (tertiary/aromatic N) is 4. The van der Waals surface area contributed by atoms with Gasteiger partial charge in [0.25, 0.3) is 5.78 Å². The highest BCUT2D eigenvalue weighted by Gasteiger charge is 2.33. The van der Waals surface area contributed by atoms with Crippen LogP contribution in [0.4, 0.5) is 5.95 Å². The Balaban J connectivity index is 1.58. The lowest BCUT2D eigenvalue weighted by Gasteiger charge is -2.37. The summed E-state index contributed by atoms with van der Waals surface area (Å²) in [5, 5.41) is 7.40. The summed E-state index contributed by atoms with van der Waals surface area (Å²) in [6.07, 6.45) is 2.23. The van der Waals surface area contributed by atoms with Gasteiger partial charge >= 0.3 is 0 Å². The molecule has 1 aromatic carbocycles. The zero-order chi connectivity index (χ0) is 20.1. The van der Waals surface area contributed by atoms with Crippen molar-refractivity contribution in [1.29, 1.82) is 0 Å². The second kappa shape index (κ2) is 6.58. The molecule has 1 amide bonds. The van der Waals surface area contributed by atoms with Crippen LogP contribution in [0.25, 0.3) is 5.78 Å². The number of nitrogen functional groups attached to an aromatic ring is 1. The number of hydrogen-bond donors (Lipinski definition) is 2. The molecule has 28 heavy (non-hydrogen) atoms. The van der Waals surface area contributed by atoms with Crippen molar-refractivity contribution < 1.29 is 4.79 Å². The number of hydrogen-bond acceptors (Lipinski definition) is 5. The van der Waals surface area contributed by atoms with Gasteiger partial charge in [-0.25, -0.2) is 4.98 Å². The van der Waals surface area contributed by atoms with Crippen LogP contribution in [0.1, 0.15) is 60.8 Å². The molecule has 0 bridgehead atoms. The van der Waals surface area contributed by atoms with E-state index in [4.69, 9.17) is 5.73 Å². The minimum absolute atomic E-state index is 0.0139. The first-order valence-electron chi connectivity index (χ1n) is 9.63. The molecular formula is C21H26N6O. The second-order valence-corrected chi connectivity index (χ2v) is 8.25. The number of carbonyl (C=O) groups excluding carboxylic acids is 1. The quantitative estimate of drug-likeness (QED) is 0.730. The Morgan fingerprint density at radius 1 is 1.29 bits per heavy atom. The van der Waals surface area contributed by atoms with E-state index in [1.807, 2.05) is 19.9 Å². The lowest BCUT2D eigenvalue weighted by atomic mass is 9.71. The highest BCUT2D eigenvalue weighted by molar-refractivity contribution is 5.79. The van der Waals surface area contributed by atoms with Crippen molar-refractivity contribution in [2.24, 2.45) is 0 Å². The third-order valence-corrected chi connectivity index (χ3v) is 5.86. The highest BCUT2D eigenvalue weighted by atomic mass is 16.1. The third-order valence-electron chi connectivity index (χ3n) is 5.86. The molecule has 0 spiro atoms. The molecule has 2 aromatic heterocycles. The average Bonchev–Trinajstić information content (AvgIpc) is 3.02. The first kappa shape index (κ1) is 18.4. The number of nitrogens with two attached hydrogens (primary N) is 1. The van der Waals surface area contributed by atoms with Gasteiger partial charge in [0.1, 0.15) is 0 Å². The maximum Gasteiger partial charge on any atom is 0.254 e. The van der Waals surface area contributed by atoms with E-state index in [2.05, 4.69) is 52.4 Å². The summed E-state index contributed by atoms with van der Waals surface area (Å²) in [6.45, 7) is 8.33. The fraction of sp³-hybridized carbons (Fsp3) is 0.429. The van der Waals surface area contributed by atoms with E-state index in [1.54, 1.807) is 4.52 Å². The standard InChI is InChI=1S/C21H26N6O/c1-12-15(13(2)27-20(23-12)25-19(22)26-27)11-18(28)24-17-9-10-21(3,4)16-8-6-5-7-14(16)17/h5-8,17H,9-11H2,1-4H3,(H2,22,26)(H,24,28)/t17-/m0/s1. The minimum atomic E-state index is -0.0139. The number of anilines is 1. The topological polar surface area (TPSA) is 98.2 Å². The molecule has 7 nitrogen and oxygen atoms in total. The molecule has 3 N–H and O–H groups in total. The second-order valence-electron chi connectivity index (χ2n) is 8.25. The van der Waals surface area contributed by atoms with Gasteiger partial charge in [-0.15, -0.1) is 5.10 Å². The fourth-order valence-electron chi connectivity index (χ4n) is 4.25. The summed E-state index contributed by atoms with van der Waals surface area (Å²) in [5.41, 5.74) is 10.8. The van der Waals surface area contributed by atoms with Gasteiger partial charge in [-0.05, 0) is 43.2 Å². The molecule has 1 aliphatic carbocycles. The zero-order valence-electron chi connectivity index (χ0n) is 16.8. The Morgan fingerprint density at radius 2 is 2.04 bits per heavy atom. The maximum atomic E-state index is 12.9. The average molecular weight is 378 g/mol. The maximum absolute atomic E-state index is 12.9. The molecular weight excluding hydrogens is 352 g/mol. The Hall–Kier alpha value is -2.96. The van der Waals surface area contributed by atoms with Crippen molar-refractivity contribution in [3.63, 3.8) is 0 Å². The Morgan fingerprint density at radius 3 is 2.82 bits per heavy atom. The molecule has 2 heterocycles. The monoisotopic (exact) mass is 378 g/mol. The van der Waals surface area contributed by atoms with Crippen LogP contribution in [0.5, 0.6) is 0 Å². The normalized spacial score (nSPS) is 18.1. The van der Waals surface area contributed by atoms with Gasteiger partial charge in [-0.3, -0.25) is 4.79 Å². The molecule has 0 saturated heterocycles. The molecule has 0 aliphatic heterocycles. The van der Waals surface area contributed by atoms with Gasteiger partial charge in [0.05, 0.1) is 12.5 Å². The predicted octanol–water partition coefficient (Wildman–Crippen LogP) is 2.79. The Labute approximate surface area is 164 Å². The summed E-state index contributed by atoms with van der Waals surface area (Å²) in [7, 11) is 0. The summed E-state index contributed by atoms with van der Waals surface area (Å²) >= 11 is 0. The first-order valence-corrected chi connectivity index (χ1v) is 9.63. The van der Waals surface area contributed by atoms with Crippen molar-refractivity contribution in [3.05, 3.63) is 52.3 Å². The summed E-state index contributed by atoms with van der Waals surface area (Å²) in [4.78, 5) is 21.4. The zero-order valence-corrected chi connectivity index (χ0v) is 16.8. The van der Waals surface area contributed by atoms with Crippen LogP contribution >= 0.6 is 0 Å². The Bertz CT molecular complexity index is 1070. The molecule has 3 aromatic rings. The van der Waals surface area contributed by atoms with Crippen molar-refractivity contribution in [3.8, 4) is 0 Å². The molecule has 0 fully saturated rings. The van der Waals surface area contributed by atoms with Crippen LogP contribution in [-0.2, 0) is 16.6 Å². The minimum Gasteiger partial charge on any atom is -0.366 e. The number of aromatic nitrogens is 4. The largest absolute Gasteiger partial charge is 0.366 e. The molecule has 146 valence electrons. The van der Waals surface area contributed by atoms with Crippen molar-refractivity contribution in [2.45, 2.75) is 58.4 Å². The van der Waals surface area contributed by atoms with E-state index in [0.29, 0.717) is 5.78 Å². The van der Waals surface area contributed by atoms with Crippen molar-refractivity contribution >= 4 is 17.6 Å². The van der Waals surface area contributed by atoms with E-state index < -0.39 is 0 Å². The fourth-order valence-corrected chi connectivity index (χ4v) is 4.25. The smallest absolute Gasteiger partial charge is 0.254 e. The number of benzene rings is 1. The van der Waals surface area contributed by atoms with Crippen LogP contribution in [-0.4, -0.2) is 25.5 Å². The summed E-state index contributed by atoms with van der Waals surface area (Å²) in [5.74, 6) is 0.623. The van der Waals surface area contributed by atoms with Gasteiger partial charge < -0.3 is 11.1 Å². The number of amides is 1. The molecule has 0 unspecified atom stereocenters. The van der Waals surface area contributed by atoms with Crippen LogP contribution in [0.3, 0.4) is 0 Å². The van der Waals surface area contributed by atoms with E-state index in [1.165, 1.54) is 11.1 Å². The number of fused-ring (bicyclic) bond motifs is 2. The van der Waals surface area contributed by atoms with E-state index in [0.717, 1.165) is 29.8 Å². The van der Waals surface area contributed by atoms with Gasteiger partial charge in [0.15, 0.2) is 0 Å². The van der Waals surface area contributed by atoms with Crippen LogP contribution in [0, 0.1) is 13.8 Å². The molecule has 7 heteroatoms. The van der Waals surface area contributed by atoms with E-state index in [9.17, 15) is 4.79 Å². The first-order chi connectivity index (χ1) is 13.3. The number of nitrogens with one attached hydrogen (secondary N) is 1. The lowest BCUT2D eigenvalue weighted by Crippen LogP contribution is -2.36. The van der Waals surface area contributed by atoms with Gasteiger partial charge in [-0.1, -0.05) is 38.1 Å². The van der Waals surface area contributed by atoms with Crippen LogP contribution < -0.4 is 11.1 Å². The Kier molecular flexibility index (Phi) is 4.33. The number of aryl methyl sites for hydroxylation is 2. The SMILES string of the molecule is Cc1nc2nc(N)nn2c(C)c1CC(=O)N[C@H]1CCC(C)(C)c2ccccc21. The molecule has 4 rings (SSSR count). The van der Waals surface area contributed by atoms with E-state index in [-0.39, 0.29) is 29.7 Å².